The van der Waals surface area contributed by atoms with Gasteiger partial charge < -0.3 is 10.1 Å². The summed E-state index contributed by atoms with van der Waals surface area (Å²) in [5.74, 6) is -0.0742. The summed E-state index contributed by atoms with van der Waals surface area (Å²) in [4.78, 5) is 11.6. The Hall–Kier alpha value is -2.78. The number of hydrogen-bond donors (Lipinski definition) is 1. The van der Waals surface area contributed by atoms with Crippen molar-refractivity contribution in [1.82, 2.24) is 9.78 Å². The quantitative estimate of drug-likeness (QED) is 0.517. The zero-order chi connectivity index (χ0) is 16.8. The Balaban J connectivity index is 2.31. The van der Waals surface area contributed by atoms with Crippen molar-refractivity contribution in [2.24, 2.45) is 0 Å². The standard InChI is InChI=1S/C16H15ClN4O2/c1-3-23-16(22)12(9-18)10-19-15-7-11(2)20-21(15)14-6-4-5-13(17)8-14/h4-8,10,19H,3H2,1-2H3/b12-10+. The average Bonchev–Trinajstić information content (AvgIpc) is 2.89. The molecule has 1 N–H and O–H groups in total. The van der Waals surface area contributed by atoms with Crippen LogP contribution < -0.4 is 5.32 Å². The monoisotopic (exact) mass is 330 g/mol. The maximum Gasteiger partial charge on any atom is 0.350 e. The Labute approximate surface area is 138 Å². The van der Waals surface area contributed by atoms with Crippen LogP contribution in [0.5, 0.6) is 0 Å². The van der Waals surface area contributed by atoms with Gasteiger partial charge in [-0.1, -0.05) is 17.7 Å². The number of aromatic nitrogens is 2. The molecule has 0 bridgehead atoms. The molecule has 0 saturated heterocycles. The third-order valence-electron chi connectivity index (χ3n) is 2.86. The van der Waals surface area contributed by atoms with Crippen LogP contribution in [-0.2, 0) is 9.53 Å². The van der Waals surface area contributed by atoms with E-state index >= 15 is 0 Å². The van der Waals surface area contributed by atoms with E-state index in [2.05, 4.69) is 10.4 Å². The summed E-state index contributed by atoms with van der Waals surface area (Å²) in [5, 5.41) is 16.9. The van der Waals surface area contributed by atoms with Crippen LogP contribution in [-0.4, -0.2) is 22.4 Å². The van der Waals surface area contributed by atoms with Crippen LogP contribution in [0.3, 0.4) is 0 Å². The summed E-state index contributed by atoms with van der Waals surface area (Å²) in [5.41, 5.74) is 1.41. The first kappa shape index (κ1) is 16.6. The number of benzene rings is 1. The van der Waals surface area contributed by atoms with Crippen molar-refractivity contribution in [3.8, 4) is 11.8 Å². The molecule has 0 aliphatic rings. The van der Waals surface area contributed by atoms with Gasteiger partial charge in [-0.25, -0.2) is 9.48 Å². The van der Waals surface area contributed by atoms with Crippen LogP contribution in [0.4, 0.5) is 5.82 Å². The lowest BCUT2D eigenvalue weighted by Gasteiger charge is -2.08. The Morgan fingerprint density at radius 2 is 2.30 bits per heavy atom. The van der Waals surface area contributed by atoms with Crippen molar-refractivity contribution in [3.05, 3.63) is 52.8 Å². The number of aryl methyl sites for hydroxylation is 1. The van der Waals surface area contributed by atoms with Gasteiger partial charge in [-0.3, -0.25) is 0 Å². The van der Waals surface area contributed by atoms with Crippen LogP contribution in [0, 0.1) is 18.3 Å². The van der Waals surface area contributed by atoms with Gasteiger partial charge in [0, 0.05) is 17.3 Å². The Bertz CT molecular complexity index is 790. The highest BCUT2D eigenvalue weighted by Crippen LogP contribution is 2.20. The first-order valence-electron chi connectivity index (χ1n) is 6.91. The molecule has 0 amide bonds. The van der Waals surface area contributed by atoms with Gasteiger partial charge in [0.05, 0.1) is 18.0 Å². The second kappa shape index (κ2) is 7.47. The molecule has 2 aromatic rings. The molecule has 6 nitrogen and oxygen atoms in total. The van der Waals surface area contributed by atoms with E-state index in [-0.39, 0.29) is 12.2 Å². The Morgan fingerprint density at radius 1 is 1.52 bits per heavy atom. The van der Waals surface area contributed by atoms with Crippen LogP contribution in [0.25, 0.3) is 5.69 Å². The van der Waals surface area contributed by atoms with E-state index in [1.807, 2.05) is 19.1 Å². The third-order valence-corrected chi connectivity index (χ3v) is 3.10. The topological polar surface area (TPSA) is 79.9 Å². The Kier molecular flexibility index (Phi) is 5.39. The van der Waals surface area contributed by atoms with Gasteiger partial charge >= 0.3 is 5.97 Å². The zero-order valence-corrected chi connectivity index (χ0v) is 13.5. The fraction of sp³-hybridized carbons (Fsp3) is 0.188. The predicted molar refractivity (Wildman–Crippen MR) is 87.3 cm³/mol. The molecule has 0 aliphatic carbocycles. The molecule has 0 radical (unpaired) electrons. The van der Waals surface area contributed by atoms with Gasteiger partial charge in [-0.15, -0.1) is 0 Å². The SMILES string of the molecule is CCOC(=O)/C(C#N)=C/Nc1cc(C)nn1-c1cccc(Cl)c1. The average molecular weight is 331 g/mol. The molecule has 23 heavy (non-hydrogen) atoms. The van der Waals surface area contributed by atoms with Crippen LogP contribution in [0.15, 0.2) is 42.1 Å². The molecule has 0 unspecified atom stereocenters. The van der Waals surface area contributed by atoms with E-state index in [1.165, 1.54) is 6.20 Å². The lowest BCUT2D eigenvalue weighted by Crippen LogP contribution is -2.09. The molecule has 2 rings (SSSR count). The maximum absolute atomic E-state index is 11.6. The molecule has 0 fully saturated rings. The summed E-state index contributed by atoms with van der Waals surface area (Å²) in [7, 11) is 0. The van der Waals surface area contributed by atoms with E-state index in [0.29, 0.717) is 10.8 Å². The summed E-state index contributed by atoms with van der Waals surface area (Å²) in [6.07, 6.45) is 1.30. The first-order valence-corrected chi connectivity index (χ1v) is 7.29. The molecule has 1 heterocycles. The minimum atomic E-state index is -0.673. The van der Waals surface area contributed by atoms with E-state index < -0.39 is 5.97 Å². The number of esters is 1. The van der Waals surface area contributed by atoms with Crippen molar-refractivity contribution in [2.45, 2.75) is 13.8 Å². The highest BCUT2D eigenvalue weighted by Gasteiger charge is 2.11. The normalized spacial score (nSPS) is 11.0. The Morgan fingerprint density at radius 3 is 2.96 bits per heavy atom. The maximum atomic E-state index is 11.6. The van der Waals surface area contributed by atoms with Gasteiger partial charge in [0.1, 0.15) is 11.9 Å². The van der Waals surface area contributed by atoms with E-state index in [9.17, 15) is 4.79 Å². The van der Waals surface area contributed by atoms with Gasteiger partial charge in [0.2, 0.25) is 0 Å². The molecule has 0 saturated carbocycles. The number of carbonyl (C=O) groups is 1. The van der Waals surface area contributed by atoms with Crippen molar-refractivity contribution in [3.63, 3.8) is 0 Å². The molecule has 0 spiro atoms. The van der Waals surface area contributed by atoms with E-state index in [0.717, 1.165) is 11.4 Å². The number of hydrogen-bond acceptors (Lipinski definition) is 5. The van der Waals surface area contributed by atoms with E-state index in [4.69, 9.17) is 21.6 Å². The van der Waals surface area contributed by atoms with Gasteiger partial charge in [0.15, 0.2) is 5.57 Å². The summed E-state index contributed by atoms with van der Waals surface area (Å²) in [6.45, 7) is 3.72. The molecule has 0 aliphatic heterocycles. The summed E-state index contributed by atoms with van der Waals surface area (Å²) in [6, 6.07) is 10.8. The largest absolute Gasteiger partial charge is 0.462 e. The minimum Gasteiger partial charge on any atom is -0.462 e. The summed E-state index contributed by atoms with van der Waals surface area (Å²) >= 11 is 6.00. The highest BCUT2D eigenvalue weighted by atomic mass is 35.5. The van der Waals surface area contributed by atoms with Gasteiger partial charge in [-0.05, 0) is 32.0 Å². The van der Waals surface area contributed by atoms with Crippen LogP contribution in [0.1, 0.15) is 12.6 Å². The predicted octanol–water partition coefficient (Wildman–Crippen LogP) is 3.22. The number of nitrogens with zero attached hydrogens (tertiary/aromatic N) is 3. The molecule has 0 atom stereocenters. The number of anilines is 1. The number of carbonyl (C=O) groups excluding carboxylic acids is 1. The third kappa shape index (κ3) is 4.11. The fourth-order valence-corrected chi connectivity index (χ4v) is 2.08. The van der Waals surface area contributed by atoms with Crippen molar-refractivity contribution < 1.29 is 9.53 Å². The first-order chi connectivity index (χ1) is 11.0. The number of rotatable bonds is 5. The number of nitrogens with one attached hydrogen (secondary N) is 1. The van der Waals surface area contributed by atoms with Crippen molar-refractivity contribution >= 4 is 23.4 Å². The van der Waals surface area contributed by atoms with Crippen molar-refractivity contribution in [2.75, 3.05) is 11.9 Å². The smallest absolute Gasteiger partial charge is 0.350 e. The molecule has 7 heteroatoms. The molecule has 118 valence electrons. The van der Waals surface area contributed by atoms with Gasteiger partial charge in [0.25, 0.3) is 0 Å². The van der Waals surface area contributed by atoms with Gasteiger partial charge in [-0.2, -0.15) is 10.4 Å². The number of halogens is 1. The second-order valence-corrected chi connectivity index (χ2v) is 5.03. The zero-order valence-electron chi connectivity index (χ0n) is 12.7. The van der Waals surface area contributed by atoms with Crippen molar-refractivity contribution in [1.29, 1.82) is 5.26 Å². The molecule has 1 aromatic carbocycles. The van der Waals surface area contributed by atoms with E-state index in [1.54, 1.807) is 35.9 Å². The minimum absolute atomic E-state index is 0.122. The highest BCUT2D eigenvalue weighted by molar-refractivity contribution is 6.30. The molecular weight excluding hydrogens is 316 g/mol. The van der Waals surface area contributed by atoms with Crippen LogP contribution >= 0.6 is 11.6 Å². The lowest BCUT2D eigenvalue weighted by molar-refractivity contribution is -0.138. The summed E-state index contributed by atoms with van der Waals surface area (Å²) < 4.78 is 6.45. The second-order valence-electron chi connectivity index (χ2n) is 4.60. The number of ether oxygens (including phenoxy) is 1. The fourth-order valence-electron chi connectivity index (χ4n) is 1.90. The lowest BCUT2D eigenvalue weighted by atomic mass is 10.3. The van der Waals surface area contributed by atoms with Crippen LogP contribution in [0.2, 0.25) is 5.02 Å². The molecular formula is C16H15ClN4O2. The number of nitriles is 1. The molecule has 1 aromatic heterocycles.